The molecule has 1 aromatic rings. The van der Waals surface area contributed by atoms with Gasteiger partial charge in [0.25, 0.3) is 0 Å². The first-order valence-corrected chi connectivity index (χ1v) is 9.55. The zero-order valence-electron chi connectivity index (χ0n) is 16.1. The maximum atomic E-state index is 12.4. The molecule has 4 nitrogen and oxygen atoms in total. The third-order valence-electron chi connectivity index (χ3n) is 4.54. The Kier molecular flexibility index (Phi) is 10.6. The third-order valence-corrected chi connectivity index (χ3v) is 4.54. The van der Waals surface area contributed by atoms with Gasteiger partial charge in [-0.05, 0) is 18.6 Å². The van der Waals surface area contributed by atoms with Crippen molar-refractivity contribution in [2.45, 2.75) is 71.1 Å². The topological polar surface area (TPSA) is 46.6 Å². The Hall–Kier alpha value is -1.84. The number of unbranched alkanes of at least 4 members (excludes halogenated alkanes) is 8. The van der Waals surface area contributed by atoms with Gasteiger partial charge in [0.05, 0.1) is 18.4 Å². The minimum atomic E-state index is -0.418. The summed E-state index contributed by atoms with van der Waals surface area (Å²) in [4.78, 5) is 25.8. The number of para-hydroxylation sites is 1. The van der Waals surface area contributed by atoms with Gasteiger partial charge in [-0.2, -0.15) is 0 Å². The highest BCUT2D eigenvalue weighted by atomic mass is 16.5. The largest absolute Gasteiger partial charge is 0.465 e. The molecule has 0 aromatic heterocycles. The lowest BCUT2D eigenvalue weighted by Crippen LogP contribution is -2.27. The van der Waals surface area contributed by atoms with Crippen LogP contribution in [0.5, 0.6) is 0 Å². The van der Waals surface area contributed by atoms with E-state index in [1.54, 1.807) is 30.1 Å². The molecule has 1 amide bonds. The van der Waals surface area contributed by atoms with E-state index in [-0.39, 0.29) is 5.91 Å². The van der Waals surface area contributed by atoms with Crippen molar-refractivity contribution >= 4 is 17.6 Å². The third kappa shape index (κ3) is 7.72. The predicted molar refractivity (Wildman–Crippen MR) is 103 cm³/mol. The minimum Gasteiger partial charge on any atom is -0.465 e. The molecular formula is C21H33NO3. The minimum absolute atomic E-state index is 0.0410. The predicted octanol–water partition coefficient (Wildman–Crippen LogP) is 5.36. The Morgan fingerprint density at radius 1 is 0.920 bits per heavy atom. The summed E-state index contributed by atoms with van der Waals surface area (Å²) in [6, 6.07) is 7.06. The van der Waals surface area contributed by atoms with Crippen LogP contribution in [0, 0.1) is 0 Å². The van der Waals surface area contributed by atoms with Crippen LogP contribution in [0.15, 0.2) is 24.3 Å². The van der Waals surface area contributed by atoms with Gasteiger partial charge in [0.2, 0.25) is 5.91 Å². The Labute approximate surface area is 152 Å². The van der Waals surface area contributed by atoms with Crippen molar-refractivity contribution in [2.24, 2.45) is 0 Å². The highest BCUT2D eigenvalue weighted by molar-refractivity contribution is 6.02. The Balaban J connectivity index is 2.32. The summed E-state index contributed by atoms with van der Waals surface area (Å²) in [7, 11) is 3.07. The number of ether oxygens (including phenoxy) is 1. The molecule has 140 valence electrons. The molecule has 4 heteroatoms. The molecule has 0 N–H and O–H groups in total. The highest BCUT2D eigenvalue weighted by Crippen LogP contribution is 2.21. The second kappa shape index (κ2) is 12.5. The first-order chi connectivity index (χ1) is 12.1. The van der Waals surface area contributed by atoms with Crippen LogP contribution in [0.3, 0.4) is 0 Å². The number of amides is 1. The maximum Gasteiger partial charge on any atom is 0.339 e. The summed E-state index contributed by atoms with van der Waals surface area (Å²) in [6.07, 6.45) is 11.6. The standard InChI is InChI=1S/C21H33NO3/c1-4-5-6-7-8-9-10-11-12-17-20(23)22(2)19-16-14-13-15-18(19)21(24)25-3/h13-16H,4-12,17H2,1-3H3. The fraction of sp³-hybridized carbons (Fsp3) is 0.619. The fourth-order valence-electron chi connectivity index (χ4n) is 2.94. The molecule has 0 atom stereocenters. The van der Waals surface area contributed by atoms with Gasteiger partial charge in [-0.3, -0.25) is 4.79 Å². The average molecular weight is 347 g/mol. The van der Waals surface area contributed by atoms with E-state index in [0.29, 0.717) is 17.7 Å². The van der Waals surface area contributed by atoms with Crippen LogP contribution in [0.1, 0.15) is 81.5 Å². The van der Waals surface area contributed by atoms with Gasteiger partial charge in [0.15, 0.2) is 0 Å². The van der Waals surface area contributed by atoms with Gasteiger partial charge in [0, 0.05) is 13.5 Å². The number of rotatable bonds is 12. The molecule has 25 heavy (non-hydrogen) atoms. The number of hydrogen-bond acceptors (Lipinski definition) is 3. The number of carbonyl (C=O) groups excluding carboxylic acids is 2. The summed E-state index contributed by atoms with van der Waals surface area (Å²) in [5.74, 6) is -0.377. The molecule has 1 aromatic carbocycles. The van der Waals surface area contributed by atoms with Gasteiger partial charge < -0.3 is 9.64 Å². The molecule has 0 bridgehead atoms. The zero-order chi connectivity index (χ0) is 18.5. The van der Waals surface area contributed by atoms with Crippen LogP contribution in [-0.2, 0) is 9.53 Å². The van der Waals surface area contributed by atoms with E-state index in [2.05, 4.69) is 6.92 Å². The zero-order valence-corrected chi connectivity index (χ0v) is 16.1. The van der Waals surface area contributed by atoms with Crippen molar-refractivity contribution in [3.8, 4) is 0 Å². The van der Waals surface area contributed by atoms with Gasteiger partial charge in [-0.15, -0.1) is 0 Å². The summed E-state index contributed by atoms with van der Waals surface area (Å²) in [5.41, 5.74) is 1.03. The van der Waals surface area contributed by atoms with Gasteiger partial charge in [-0.25, -0.2) is 4.79 Å². The second-order valence-electron chi connectivity index (χ2n) is 6.54. The van der Waals surface area contributed by atoms with Crippen LogP contribution in [0.25, 0.3) is 0 Å². The molecule has 0 aliphatic carbocycles. The molecule has 0 fully saturated rings. The number of nitrogens with zero attached hydrogens (tertiary/aromatic N) is 1. The van der Waals surface area contributed by atoms with E-state index < -0.39 is 5.97 Å². The number of anilines is 1. The molecule has 0 radical (unpaired) electrons. The maximum absolute atomic E-state index is 12.4. The highest BCUT2D eigenvalue weighted by Gasteiger charge is 2.18. The summed E-state index contributed by atoms with van der Waals surface area (Å²) in [6.45, 7) is 2.23. The molecule has 0 saturated carbocycles. The summed E-state index contributed by atoms with van der Waals surface area (Å²) >= 11 is 0. The number of benzene rings is 1. The van der Waals surface area contributed by atoms with Gasteiger partial charge >= 0.3 is 5.97 Å². The molecule has 0 heterocycles. The molecule has 0 spiro atoms. The Morgan fingerprint density at radius 2 is 1.48 bits per heavy atom. The number of esters is 1. The van der Waals surface area contributed by atoms with E-state index in [0.717, 1.165) is 12.8 Å². The molecular weight excluding hydrogens is 314 g/mol. The Morgan fingerprint density at radius 3 is 2.08 bits per heavy atom. The van der Waals surface area contributed by atoms with Crippen molar-refractivity contribution in [3.63, 3.8) is 0 Å². The van der Waals surface area contributed by atoms with Crippen molar-refractivity contribution < 1.29 is 14.3 Å². The number of methoxy groups -OCH3 is 1. The average Bonchev–Trinajstić information content (AvgIpc) is 2.65. The van der Waals surface area contributed by atoms with Crippen molar-refractivity contribution in [1.82, 2.24) is 0 Å². The quantitative estimate of drug-likeness (QED) is 0.378. The SMILES string of the molecule is CCCCCCCCCCCC(=O)N(C)c1ccccc1C(=O)OC. The van der Waals surface area contributed by atoms with Crippen molar-refractivity contribution in [3.05, 3.63) is 29.8 Å². The molecule has 0 aliphatic rings. The van der Waals surface area contributed by atoms with E-state index >= 15 is 0 Å². The summed E-state index contributed by atoms with van der Waals surface area (Å²) in [5, 5.41) is 0. The van der Waals surface area contributed by atoms with E-state index in [1.807, 2.05) is 6.07 Å². The smallest absolute Gasteiger partial charge is 0.339 e. The lowest BCUT2D eigenvalue weighted by Gasteiger charge is -2.19. The first kappa shape index (κ1) is 21.2. The normalized spacial score (nSPS) is 10.5. The lowest BCUT2D eigenvalue weighted by atomic mass is 10.1. The fourth-order valence-corrected chi connectivity index (χ4v) is 2.94. The van der Waals surface area contributed by atoms with Gasteiger partial charge in [-0.1, -0.05) is 70.4 Å². The molecule has 1 rings (SSSR count). The van der Waals surface area contributed by atoms with Crippen LogP contribution >= 0.6 is 0 Å². The molecule has 0 saturated heterocycles. The van der Waals surface area contributed by atoms with Crippen LogP contribution < -0.4 is 4.90 Å². The van der Waals surface area contributed by atoms with Crippen molar-refractivity contribution in [1.29, 1.82) is 0 Å². The Bertz CT molecular complexity index is 528. The first-order valence-electron chi connectivity index (χ1n) is 9.55. The van der Waals surface area contributed by atoms with E-state index in [9.17, 15) is 9.59 Å². The van der Waals surface area contributed by atoms with Crippen LogP contribution in [-0.4, -0.2) is 26.0 Å². The monoisotopic (exact) mass is 347 g/mol. The van der Waals surface area contributed by atoms with E-state index in [4.69, 9.17) is 4.74 Å². The number of carbonyl (C=O) groups is 2. The van der Waals surface area contributed by atoms with E-state index in [1.165, 1.54) is 52.1 Å². The molecule has 0 unspecified atom stereocenters. The van der Waals surface area contributed by atoms with Crippen LogP contribution in [0.2, 0.25) is 0 Å². The summed E-state index contributed by atoms with van der Waals surface area (Å²) < 4.78 is 4.79. The second-order valence-corrected chi connectivity index (χ2v) is 6.54. The van der Waals surface area contributed by atoms with Crippen molar-refractivity contribution in [2.75, 3.05) is 19.1 Å². The molecule has 0 aliphatic heterocycles. The number of hydrogen-bond donors (Lipinski definition) is 0. The van der Waals surface area contributed by atoms with Gasteiger partial charge in [0.1, 0.15) is 0 Å². The van der Waals surface area contributed by atoms with Crippen LogP contribution in [0.4, 0.5) is 5.69 Å². The lowest BCUT2D eigenvalue weighted by molar-refractivity contribution is -0.118.